The van der Waals surface area contributed by atoms with Crippen LogP contribution in [0.2, 0.25) is 20.1 Å². The lowest BCUT2D eigenvalue weighted by Gasteiger charge is -2.42. The molecule has 2 aliphatic heterocycles. The molecular weight excluding hydrogens is 660 g/mol. The van der Waals surface area contributed by atoms with Crippen molar-refractivity contribution in [2.24, 2.45) is 16.8 Å². The maximum absolute atomic E-state index is 13.3. The summed E-state index contributed by atoms with van der Waals surface area (Å²) in [5, 5.41) is 5.99. The van der Waals surface area contributed by atoms with Gasteiger partial charge in [-0.3, -0.25) is 14.4 Å². The highest BCUT2D eigenvalue weighted by Gasteiger charge is 2.35. The Labute approximate surface area is 284 Å². The molecule has 2 aromatic rings. The molecular formula is C32H39Cl4N5O4. The highest BCUT2D eigenvalue weighted by Crippen LogP contribution is 2.31. The lowest BCUT2D eigenvalue weighted by molar-refractivity contribution is -0.144. The van der Waals surface area contributed by atoms with E-state index in [0.717, 1.165) is 51.0 Å². The molecule has 4 rings (SSSR count). The predicted octanol–water partition coefficient (Wildman–Crippen LogP) is 6.13. The van der Waals surface area contributed by atoms with Gasteiger partial charge in [-0.15, -0.1) is 0 Å². The first-order valence-electron chi connectivity index (χ1n) is 15.0. The first-order valence-corrected chi connectivity index (χ1v) is 16.6. The molecule has 0 unspecified atom stereocenters. The highest BCUT2D eigenvalue weighted by atomic mass is 35.5. The number of benzene rings is 2. The van der Waals surface area contributed by atoms with Gasteiger partial charge in [-0.05, 0) is 74.5 Å². The summed E-state index contributed by atoms with van der Waals surface area (Å²) in [7, 11) is 3.17. The van der Waals surface area contributed by atoms with Gasteiger partial charge in [0, 0.05) is 66.6 Å². The Morgan fingerprint density at radius 1 is 1.02 bits per heavy atom. The van der Waals surface area contributed by atoms with E-state index in [-0.39, 0.29) is 42.7 Å². The van der Waals surface area contributed by atoms with Crippen molar-refractivity contribution in [1.82, 2.24) is 14.7 Å². The third kappa shape index (κ3) is 9.48. The largest absolute Gasteiger partial charge is 0.399 e. The lowest BCUT2D eigenvalue weighted by atomic mass is 9.89. The van der Waals surface area contributed by atoms with E-state index >= 15 is 0 Å². The van der Waals surface area contributed by atoms with E-state index in [1.54, 1.807) is 36.2 Å². The Balaban J connectivity index is 1.45. The number of rotatable bonds is 12. The van der Waals surface area contributed by atoms with Gasteiger partial charge in [0.1, 0.15) is 7.11 Å². The van der Waals surface area contributed by atoms with Crippen LogP contribution in [0.3, 0.4) is 0 Å². The molecule has 45 heavy (non-hydrogen) atoms. The molecule has 9 nitrogen and oxygen atoms in total. The second-order valence-electron chi connectivity index (χ2n) is 11.7. The van der Waals surface area contributed by atoms with Crippen LogP contribution in [0.4, 0.5) is 0 Å². The van der Waals surface area contributed by atoms with Crippen molar-refractivity contribution in [3.63, 3.8) is 0 Å². The zero-order valence-corrected chi connectivity index (χ0v) is 28.5. The van der Waals surface area contributed by atoms with Crippen molar-refractivity contribution in [2.45, 2.75) is 50.5 Å². The average molecular weight is 700 g/mol. The number of halogens is 4. The van der Waals surface area contributed by atoms with Crippen LogP contribution in [0.25, 0.3) is 0 Å². The van der Waals surface area contributed by atoms with Crippen molar-refractivity contribution in [2.75, 3.05) is 46.9 Å². The highest BCUT2D eigenvalue weighted by molar-refractivity contribution is 6.42. The van der Waals surface area contributed by atoms with Crippen molar-refractivity contribution < 1.29 is 19.2 Å². The summed E-state index contributed by atoms with van der Waals surface area (Å²) in [6, 6.07) is 10.4. The zero-order chi connectivity index (χ0) is 32.7. The van der Waals surface area contributed by atoms with E-state index in [2.05, 4.69) is 10.1 Å². The topological polar surface area (TPSA) is 109 Å². The lowest BCUT2D eigenvalue weighted by Crippen LogP contribution is -2.52. The molecule has 0 radical (unpaired) electrons. The molecule has 2 atom stereocenters. The van der Waals surface area contributed by atoms with Crippen LogP contribution in [-0.2, 0) is 14.4 Å². The predicted molar refractivity (Wildman–Crippen MR) is 179 cm³/mol. The Morgan fingerprint density at radius 3 is 2.33 bits per heavy atom. The molecule has 0 aromatic heterocycles. The van der Waals surface area contributed by atoms with Gasteiger partial charge in [-0.2, -0.15) is 0 Å². The van der Waals surface area contributed by atoms with Crippen LogP contribution < -0.4 is 5.73 Å². The van der Waals surface area contributed by atoms with E-state index in [1.165, 1.54) is 7.11 Å². The summed E-state index contributed by atoms with van der Waals surface area (Å²) in [5.41, 5.74) is 7.31. The normalized spacial score (nSPS) is 19.0. The number of primary amides is 1. The third-order valence-corrected chi connectivity index (χ3v) is 9.75. The number of likely N-dealkylation sites (tertiary alicyclic amines) is 2. The standard InChI is InChI=1S/C32H39Cl4N5O4/c1-39(31(43)22-14-23(33)18-24(34)15-22)19-29(38-45-2)26(20-5-6-27(35)28(36)16-20)9-13-40-11-7-25(8-12-40)41-10-3-4-21(32(41)44)17-30(37)42/h5-6,14-16,18,21,25-26H,3-4,7-13,17,19H2,1-2H3,(H2,37,42)/b38-29+/t21-,26+/m0/s1. The number of amides is 3. The Kier molecular flexibility index (Phi) is 12.8. The molecule has 2 aliphatic rings. The Bertz CT molecular complexity index is 1400. The van der Waals surface area contributed by atoms with Gasteiger partial charge in [0.15, 0.2) is 0 Å². The van der Waals surface area contributed by atoms with Crippen molar-refractivity contribution in [3.8, 4) is 0 Å². The number of carbonyl (C=O) groups is 3. The first-order chi connectivity index (χ1) is 21.5. The quantitative estimate of drug-likeness (QED) is 0.212. The van der Waals surface area contributed by atoms with Crippen LogP contribution in [0.5, 0.6) is 0 Å². The van der Waals surface area contributed by atoms with E-state index in [4.69, 9.17) is 57.0 Å². The summed E-state index contributed by atoms with van der Waals surface area (Å²) in [4.78, 5) is 49.0. The van der Waals surface area contributed by atoms with Crippen LogP contribution in [0.1, 0.15) is 60.4 Å². The second-order valence-corrected chi connectivity index (χ2v) is 13.4. The molecule has 244 valence electrons. The molecule has 0 saturated carbocycles. The van der Waals surface area contributed by atoms with E-state index < -0.39 is 5.91 Å². The fourth-order valence-electron chi connectivity index (χ4n) is 6.32. The van der Waals surface area contributed by atoms with E-state index in [9.17, 15) is 14.4 Å². The fraction of sp³-hybridized carbons (Fsp3) is 0.500. The maximum Gasteiger partial charge on any atom is 0.254 e. The number of nitrogens with zero attached hydrogens (tertiary/aromatic N) is 4. The number of hydrogen-bond acceptors (Lipinski definition) is 6. The van der Waals surface area contributed by atoms with E-state index in [1.807, 2.05) is 17.0 Å². The van der Waals surface area contributed by atoms with Gasteiger partial charge in [0.2, 0.25) is 11.8 Å². The summed E-state index contributed by atoms with van der Waals surface area (Å²) < 4.78 is 0. The number of hydrogen-bond donors (Lipinski definition) is 1. The van der Waals surface area contributed by atoms with Crippen LogP contribution in [-0.4, -0.2) is 91.1 Å². The molecule has 2 saturated heterocycles. The summed E-state index contributed by atoms with van der Waals surface area (Å²) in [6.45, 7) is 3.32. The monoisotopic (exact) mass is 697 g/mol. The van der Waals surface area contributed by atoms with Gasteiger partial charge >= 0.3 is 0 Å². The molecule has 2 fully saturated rings. The minimum Gasteiger partial charge on any atom is -0.399 e. The summed E-state index contributed by atoms with van der Waals surface area (Å²) >= 11 is 25.0. The molecule has 3 amide bonds. The fourth-order valence-corrected chi connectivity index (χ4v) is 7.16. The van der Waals surface area contributed by atoms with E-state index in [0.29, 0.717) is 44.2 Å². The number of piperidine rings is 2. The Morgan fingerprint density at radius 2 is 1.71 bits per heavy atom. The third-order valence-electron chi connectivity index (χ3n) is 8.58. The minimum atomic E-state index is -0.428. The van der Waals surface area contributed by atoms with Crippen molar-refractivity contribution in [1.29, 1.82) is 0 Å². The number of nitrogens with two attached hydrogens (primary N) is 1. The zero-order valence-electron chi connectivity index (χ0n) is 25.5. The van der Waals surface area contributed by atoms with Gasteiger partial charge in [-0.25, -0.2) is 0 Å². The summed E-state index contributed by atoms with van der Waals surface area (Å²) in [5.74, 6) is -1.17. The van der Waals surface area contributed by atoms with Crippen LogP contribution in [0, 0.1) is 5.92 Å². The molecule has 13 heteroatoms. The number of oxime groups is 1. The van der Waals surface area contributed by atoms with Gasteiger partial charge in [0.05, 0.1) is 22.3 Å². The molecule has 0 spiro atoms. The number of carbonyl (C=O) groups excluding carboxylic acids is 3. The van der Waals surface area contributed by atoms with Gasteiger partial charge in [0.25, 0.3) is 5.91 Å². The molecule has 2 N–H and O–H groups in total. The minimum absolute atomic E-state index is 0.0531. The van der Waals surface area contributed by atoms with Crippen LogP contribution >= 0.6 is 46.4 Å². The van der Waals surface area contributed by atoms with Crippen molar-refractivity contribution >= 4 is 69.8 Å². The van der Waals surface area contributed by atoms with Gasteiger partial charge in [-0.1, -0.05) is 57.6 Å². The molecule has 0 bridgehead atoms. The molecule has 0 aliphatic carbocycles. The van der Waals surface area contributed by atoms with Crippen molar-refractivity contribution in [3.05, 3.63) is 67.6 Å². The van der Waals surface area contributed by atoms with Gasteiger partial charge < -0.3 is 25.3 Å². The SMILES string of the molecule is CO/N=C(\CN(C)C(=O)c1cc(Cl)cc(Cl)c1)[C@H](CCN1CCC(N2CCC[C@@H](CC(N)=O)C2=O)CC1)c1ccc(Cl)c(Cl)c1. The van der Waals surface area contributed by atoms with Crippen LogP contribution in [0.15, 0.2) is 41.6 Å². The molecule has 2 heterocycles. The Hall–Kier alpha value is -2.56. The molecule has 2 aromatic carbocycles. The second kappa shape index (κ2) is 16.3. The smallest absolute Gasteiger partial charge is 0.254 e. The first kappa shape index (κ1) is 35.3. The summed E-state index contributed by atoms with van der Waals surface area (Å²) in [6.07, 6.45) is 4.10. The average Bonchev–Trinajstić information content (AvgIpc) is 2.99. The maximum atomic E-state index is 13.3.